The van der Waals surface area contributed by atoms with Gasteiger partial charge in [0.05, 0.1) is 6.61 Å². The predicted octanol–water partition coefficient (Wildman–Crippen LogP) is 4.44. The van der Waals surface area contributed by atoms with Crippen LogP contribution in [0.1, 0.15) is 48.2 Å². The third-order valence-electron chi connectivity index (χ3n) is 3.25. The van der Waals surface area contributed by atoms with Crippen LogP contribution in [0.4, 0.5) is 0 Å². The van der Waals surface area contributed by atoms with Gasteiger partial charge in [0.15, 0.2) is 5.78 Å². The molecule has 2 heteroatoms. The topological polar surface area (TPSA) is 26.3 Å². The molecule has 0 amide bonds. The first-order valence-corrected chi connectivity index (χ1v) is 6.99. The van der Waals surface area contributed by atoms with E-state index in [4.69, 9.17) is 4.74 Å². The Balaban J connectivity index is 2.24. The number of benzene rings is 2. The first-order valence-electron chi connectivity index (χ1n) is 6.99. The van der Waals surface area contributed by atoms with Crippen LogP contribution < -0.4 is 4.74 Å². The maximum atomic E-state index is 12.4. The molecule has 0 saturated heterocycles. The number of ether oxygens (including phenoxy) is 1. The Morgan fingerprint density at radius 1 is 1.05 bits per heavy atom. The molecule has 2 aromatic rings. The molecular formula is C18H20O2. The first-order chi connectivity index (χ1) is 9.61. The summed E-state index contributed by atoms with van der Waals surface area (Å²) in [6.45, 7) is 6.81. The van der Waals surface area contributed by atoms with E-state index in [1.807, 2.05) is 49.4 Å². The van der Waals surface area contributed by atoms with Crippen LogP contribution in [0.5, 0.6) is 5.75 Å². The molecule has 0 heterocycles. The summed E-state index contributed by atoms with van der Waals surface area (Å²) in [5, 5.41) is 0. The van der Waals surface area contributed by atoms with Crippen molar-refractivity contribution in [2.45, 2.75) is 26.7 Å². The summed E-state index contributed by atoms with van der Waals surface area (Å²) < 4.78 is 5.43. The lowest BCUT2D eigenvalue weighted by Gasteiger charge is -2.08. The Hall–Kier alpha value is -2.09. The summed E-state index contributed by atoms with van der Waals surface area (Å²) in [7, 11) is 0. The summed E-state index contributed by atoms with van der Waals surface area (Å²) in [5.74, 6) is 1.24. The van der Waals surface area contributed by atoms with Crippen LogP contribution in [-0.4, -0.2) is 12.4 Å². The normalized spacial score (nSPS) is 10.6. The van der Waals surface area contributed by atoms with Crippen molar-refractivity contribution in [2.75, 3.05) is 6.61 Å². The number of hydrogen-bond acceptors (Lipinski definition) is 2. The van der Waals surface area contributed by atoms with Crippen LogP contribution >= 0.6 is 0 Å². The fourth-order valence-electron chi connectivity index (χ4n) is 2.08. The van der Waals surface area contributed by atoms with Gasteiger partial charge in [0.2, 0.25) is 0 Å². The lowest BCUT2D eigenvalue weighted by atomic mass is 9.98. The van der Waals surface area contributed by atoms with E-state index in [0.29, 0.717) is 23.7 Å². The van der Waals surface area contributed by atoms with E-state index >= 15 is 0 Å². The van der Waals surface area contributed by atoms with E-state index in [9.17, 15) is 4.79 Å². The SMILES string of the molecule is CCOc1cccc(C(=O)c2ccc(C(C)C)cc2)c1. The van der Waals surface area contributed by atoms with Gasteiger partial charge in [0.25, 0.3) is 0 Å². The highest BCUT2D eigenvalue weighted by Crippen LogP contribution is 2.19. The van der Waals surface area contributed by atoms with Gasteiger partial charge in [-0.25, -0.2) is 0 Å². The van der Waals surface area contributed by atoms with Gasteiger partial charge in [0.1, 0.15) is 5.75 Å². The predicted molar refractivity (Wildman–Crippen MR) is 81.6 cm³/mol. The van der Waals surface area contributed by atoms with E-state index < -0.39 is 0 Å². The number of ketones is 1. The molecule has 0 aliphatic rings. The van der Waals surface area contributed by atoms with Crippen molar-refractivity contribution in [1.82, 2.24) is 0 Å². The van der Waals surface area contributed by atoms with E-state index in [1.54, 1.807) is 6.07 Å². The summed E-state index contributed by atoms with van der Waals surface area (Å²) in [6, 6.07) is 15.1. The molecule has 0 radical (unpaired) electrons. The van der Waals surface area contributed by atoms with Crippen LogP contribution in [-0.2, 0) is 0 Å². The Morgan fingerprint density at radius 2 is 1.75 bits per heavy atom. The van der Waals surface area contributed by atoms with Crippen LogP contribution in [0.25, 0.3) is 0 Å². The maximum Gasteiger partial charge on any atom is 0.193 e. The highest BCUT2D eigenvalue weighted by Gasteiger charge is 2.10. The molecular weight excluding hydrogens is 248 g/mol. The number of rotatable bonds is 5. The minimum atomic E-state index is 0.0295. The van der Waals surface area contributed by atoms with Gasteiger partial charge in [-0.15, -0.1) is 0 Å². The molecule has 104 valence electrons. The highest BCUT2D eigenvalue weighted by atomic mass is 16.5. The first kappa shape index (κ1) is 14.3. The van der Waals surface area contributed by atoms with Crippen molar-refractivity contribution in [2.24, 2.45) is 0 Å². The molecule has 0 aliphatic carbocycles. The second-order valence-electron chi connectivity index (χ2n) is 5.07. The van der Waals surface area contributed by atoms with Crippen LogP contribution in [0, 0.1) is 0 Å². The maximum absolute atomic E-state index is 12.4. The zero-order valence-electron chi connectivity index (χ0n) is 12.2. The van der Waals surface area contributed by atoms with Crippen molar-refractivity contribution in [1.29, 1.82) is 0 Å². The summed E-state index contributed by atoms with van der Waals surface area (Å²) >= 11 is 0. The summed E-state index contributed by atoms with van der Waals surface area (Å²) in [4.78, 5) is 12.4. The molecule has 0 atom stereocenters. The monoisotopic (exact) mass is 268 g/mol. The zero-order chi connectivity index (χ0) is 14.5. The van der Waals surface area contributed by atoms with Crippen molar-refractivity contribution in [3.8, 4) is 5.75 Å². The lowest BCUT2D eigenvalue weighted by molar-refractivity contribution is 0.103. The second kappa shape index (κ2) is 6.38. The molecule has 0 unspecified atom stereocenters. The zero-order valence-corrected chi connectivity index (χ0v) is 12.2. The molecule has 20 heavy (non-hydrogen) atoms. The van der Waals surface area contributed by atoms with Gasteiger partial charge < -0.3 is 4.74 Å². The molecule has 0 bridgehead atoms. The van der Waals surface area contributed by atoms with Crippen LogP contribution in [0.15, 0.2) is 48.5 Å². The van der Waals surface area contributed by atoms with Crippen LogP contribution in [0.3, 0.4) is 0 Å². The van der Waals surface area contributed by atoms with Gasteiger partial charge in [-0.2, -0.15) is 0 Å². The number of carbonyl (C=O) groups is 1. The van der Waals surface area contributed by atoms with Gasteiger partial charge >= 0.3 is 0 Å². The Kier molecular flexibility index (Phi) is 4.57. The smallest absolute Gasteiger partial charge is 0.193 e. The fourth-order valence-corrected chi connectivity index (χ4v) is 2.08. The largest absolute Gasteiger partial charge is 0.494 e. The van der Waals surface area contributed by atoms with Crippen molar-refractivity contribution in [3.05, 3.63) is 65.2 Å². The van der Waals surface area contributed by atoms with Gasteiger partial charge in [-0.1, -0.05) is 50.2 Å². The highest BCUT2D eigenvalue weighted by molar-refractivity contribution is 6.09. The molecule has 0 fully saturated rings. The Bertz CT molecular complexity index is 583. The van der Waals surface area contributed by atoms with E-state index in [2.05, 4.69) is 13.8 Å². The second-order valence-corrected chi connectivity index (χ2v) is 5.07. The third-order valence-corrected chi connectivity index (χ3v) is 3.25. The number of carbonyl (C=O) groups excluding carboxylic acids is 1. The van der Waals surface area contributed by atoms with Gasteiger partial charge in [0, 0.05) is 11.1 Å². The standard InChI is InChI=1S/C18H20O2/c1-4-20-17-7-5-6-16(12-17)18(19)15-10-8-14(9-11-15)13(2)3/h5-13H,4H2,1-3H3. The minimum Gasteiger partial charge on any atom is -0.494 e. The minimum absolute atomic E-state index is 0.0295. The summed E-state index contributed by atoms with van der Waals surface area (Å²) in [6.07, 6.45) is 0. The molecule has 0 aliphatic heterocycles. The van der Waals surface area contributed by atoms with Crippen molar-refractivity contribution in [3.63, 3.8) is 0 Å². The van der Waals surface area contributed by atoms with Crippen molar-refractivity contribution < 1.29 is 9.53 Å². The molecule has 0 aromatic heterocycles. The quantitative estimate of drug-likeness (QED) is 0.749. The van der Waals surface area contributed by atoms with E-state index in [1.165, 1.54) is 5.56 Å². The molecule has 2 nitrogen and oxygen atoms in total. The molecule has 2 aromatic carbocycles. The molecule has 0 saturated carbocycles. The average Bonchev–Trinajstić information content (AvgIpc) is 2.47. The van der Waals surface area contributed by atoms with E-state index in [0.717, 1.165) is 5.75 Å². The number of hydrogen-bond donors (Lipinski definition) is 0. The van der Waals surface area contributed by atoms with Gasteiger partial charge in [-0.05, 0) is 30.5 Å². The molecule has 2 rings (SSSR count). The Labute approximate surface area is 120 Å². The Morgan fingerprint density at radius 3 is 2.35 bits per heavy atom. The molecule has 0 spiro atoms. The average molecular weight is 268 g/mol. The van der Waals surface area contributed by atoms with Gasteiger partial charge in [-0.3, -0.25) is 4.79 Å². The summed E-state index contributed by atoms with van der Waals surface area (Å²) in [5.41, 5.74) is 2.61. The lowest BCUT2D eigenvalue weighted by Crippen LogP contribution is -2.02. The van der Waals surface area contributed by atoms with Crippen LogP contribution in [0.2, 0.25) is 0 Å². The van der Waals surface area contributed by atoms with Crippen molar-refractivity contribution >= 4 is 5.78 Å². The fraction of sp³-hybridized carbons (Fsp3) is 0.278. The third kappa shape index (κ3) is 3.27. The van der Waals surface area contributed by atoms with E-state index in [-0.39, 0.29) is 5.78 Å². The molecule has 0 N–H and O–H groups in total.